The zero-order valence-corrected chi connectivity index (χ0v) is 12.4. The van der Waals surface area contributed by atoms with Crippen LogP contribution in [0.1, 0.15) is 36.0 Å². The van der Waals surface area contributed by atoms with Gasteiger partial charge in [-0.1, -0.05) is 12.8 Å². The Bertz CT molecular complexity index is 517. The number of nitrogens with zero attached hydrogens (tertiary/aromatic N) is 2. The molecule has 1 saturated heterocycles. The number of nitrogen functional groups attached to an aromatic ring is 1. The molecule has 0 aromatic heterocycles. The quantitative estimate of drug-likeness (QED) is 0.825. The van der Waals surface area contributed by atoms with Crippen LogP contribution in [0.2, 0.25) is 0 Å². The molecule has 0 spiro atoms. The van der Waals surface area contributed by atoms with E-state index in [1.165, 1.54) is 25.7 Å². The monoisotopic (exact) mass is 288 g/mol. The van der Waals surface area contributed by atoms with E-state index in [9.17, 15) is 4.79 Å². The molecular formula is C16H24N4O. The van der Waals surface area contributed by atoms with Crippen LogP contribution in [-0.4, -0.2) is 43.0 Å². The summed E-state index contributed by atoms with van der Waals surface area (Å²) in [5.74, 6) is -0.431. The van der Waals surface area contributed by atoms with Crippen molar-refractivity contribution in [2.45, 2.75) is 31.7 Å². The van der Waals surface area contributed by atoms with Crippen LogP contribution in [0, 0.1) is 0 Å². The number of hydrogen-bond donors (Lipinski definition) is 2. The molecule has 2 fully saturated rings. The lowest BCUT2D eigenvalue weighted by atomic mass is 10.1. The van der Waals surface area contributed by atoms with Crippen molar-refractivity contribution in [2.24, 2.45) is 5.73 Å². The number of nitrogens with two attached hydrogens (primary N) is 2. The van der Waals surface area contributed by atoms with E-state index < -0.39 is 5.91 Å². The largest absolute Gasteiger partial charge is 0.397 e. The van der Waals surface area contributed by atoms with Crippen molar-refractivity contribution in [3.05, 3.63) is 23.8 Å². The van der Waals surface area contributed by atoms with Crippen LogP contribution in [0.15, 0.2) is 18.2 Å². The number of rotatable bonds is 3. The van der Waals surface area contributed by atoms with Gasteiger partial charge in [-0.25, -0.2) is 0 Å². The number of piperazine rings is 1. The van der Waals surface area contributed by atoms with E-state index in [0.717, 1.165) is 37.9 Å². The van der Waals surface area contributed by atoms with Crippen molar-refractivity contribution in [2.75, 3.05) is 36.8 Å². The van der Waals surface area contributed by atoms with Crippen molar-refractivity contribution >= 4 is 17.3 Å². The molecule has 3 rings (SSSR count). The summed E-state index contributed by atoms with van der Waals surface area (Å²) in [4.78, 5) is 16.1. The highest BCUT2D eigenvalue weighted by Gasteiger charge is 2.26. The van der Waals surface area contributed by atoms with Crippen LogP contribution >= 0.6 is 0 Å². The van der Waals surface area contributed by atoms with Gasteiger partial charge in [-0.2, -0.15) is 0 Å². The molecule has 4 N–H and O–H groups in total. The third-order valence-corrected chi connectivity index (χ3v) is 4.81. The molecule has 21 heavy (non-hydrogen) atoms. The van der Waals surface area contributed by atoms with Crippen LogP contribution in [0.5, 0.6) is 0 Å². The first-order chi connectivity index (χ1) is 10.1. The summed E-state index contributed by atoms with van der Waals surface area (Å²) in [5.41, 5.74) is 13.5. The molecule has 5 heteroatoms. The average molecular weight is 288 g/mol. The standard InChI is InChI=1S/C16H24N4O/c17-14-11-12(16(18)21)5-6-15(14)20-9-7-19(8-10-20)13-3-1-2-4-13/h5-6,11,13H,1-4,7-10,17H2,(H2,18,21). The zero-order chi connectivity index (χ0) is 14.8. The van der Waals surface area contributed by atoms with E-state index in [4.69, 9.17) is 11.5 Å². The number of carbonyl (C=O) groups excluding carboxylic acids is 1. The molecule has 1 saturated carbocycles. The predicted molar refractivity (Wildman–Crippen MR) is 85.4 cm³/mol. The molecule has 1 amide bonds. The average Bonchev–Trinajstić information content (AvgIpc) is 3.01. The summed E-state index contributed by atoms with van der Waals surface area (Å²) in [6.07, 6.45) is 5.48. The molecule has 1 aromatic carbocycles. The van der Waals surface area contributed by atoms with E-state index in [0.29, 0.717) is 11.3 Å². The molecule has 0 atom stereocenters. The second-order valence-corrected chi connectivity index (χ2v) is 6.10. The maximum Gasteiger partial charge on any atom is 0.248 e. The smallest absolute Gasteiger partial charge is 0.248 e. The third-order valence-electron chi connectivity index (χ3n) is 4.81. The third kappa shape index (κ3) is 2.97. The zero-order valence-electron chi connectivity index (χ0n) is 12.4. The van der Waals surface area contributed by atoms with Gasteiger partial charge in [0.1, 0.15) is 0 Å². The Morgan fingerprint density at radius 3 is 2.33 bits per heavy atom. The fraction of sp³-hybridized carbons (Fsp3) is 0.562. The van der Waals surface area contributed by atoms with Crippen LogP contribution in [0.4, 0.5) is 11.4 Å². The lowest BCUT2D eigenvalue weighted by Crippen LogP contribution is -2.49. The minimum absolute atomic E-state index is 0.431. The topological polar surface area (TPSA) is 75.6 Å². The Hall–Kier alpha value is -1.75. The number of primary amides is 1. The van der Waals surface area contributed by atoms with E-state index in [-0.39, 0.29) is 0 Å². The van der Waals surface area contributed by atoms with Crippen LogP contribution in [0.25, 0.3) is 0 Å². The lowest BCUT2D eigenvalue weighted by Gasteiger charge is -2.39. The Kier molecular flexibility index (Phi) is 4.01. The molecule has 0 bridgehead atoms. The number of amides is 1. The van der Waals surface area contributed by atoms with Crippen LogP contribution in [0.3, 0.4) is 0 Å². The second-order valence-electron chi connectivity index (χ2n) is 6.10. The van der Waals surface area contributed by atoms with Crippen molar-refractivity contribution in [1.82, 2.24) is 4.90 Å². The molecule has 0 unspecified atom stereocenters. The number of carbonyl (C=O) groups is 1. The molecule has 1 aliphatic carbocycles. The van der Waals surface area contributed by atoms with Crippen molar-refractivity contribution in [1.29, 1.82) is 0 Å². The van der Waals surface area contributed by atoms with Gasteiger partial charge in [-0.05, 0) is 31.0 Å². The summed E-state index contributed by atoms with van der Waals surface area (Å²) in [6, 6.07) is 6.15. The van der Waals surface area contributed by atoms with Gasteiger partial charge in [0.25, 0.3) is 0 Å². The summed E-state index contributed by atoms with van der Waals surface area (Å²) >= 11 is 0. The van der Waals surface area contributed by atoms with E-state index in [1.807, 2.05) is 6.07 Å². The molecule has 1 heterocycles. The Balaban J connectivity index is 1.65. The van der Waals surface area contributed by atoms with Gasteiger partial charge >= 0.3 is 0 Å². The number of hydrogen-bond acceptors (Lipinski definition) is 4. The number of benzene rings is 1. The highest BCUT2D eigenvalue weighted by molar-refractivity contribution is 5.94. The van der Waals surface area contributed by atoms with Gasteiger partial charge in [-0.3, -0.25) is 9.69 Å². The maximum absolute atomic E-state index is 11.2. The van der Waals surface area contributed by atoms with Crippen molar-refractivity contribution < 1.29 is 4.79 Å². The first kappa shape index (κ1) is 14.2. The Labute approximate surface area is 125 Å². The molecule has 5 nitrogen and oxygen atoms in total. The van der Waals surface area contributed by atoms with Gasteiger partial charge < -0.3 is 16.4 Å². The van der Waals surface area contributed by atoms with Gasteiger partial charge in [0, 0.05) is 37.8 Å². The number of anilines is 2. The summed E-state index contributed by atoms with van der Waals surface area (Å²) in [5, 5.41) is 0. The fourth-order valence-corrected chi connectivity index (χ4v) is 3.59. The molecule has 2 aliphatic rings. The summed E-state index contributed by atoms with van der Waals surface area (Å²) < 4.78 is 0. The predicted octanol–water partition coefficient (Wildman–Crippen LogP) is 1.43. The van der Waals surface area contributed by atoms with Crippen LogP contribution in [-0.2, 0) is 0 Å². The lowest BCUT2D eigenvalue weighted by molar-refractivity contribution is 0.100. The van der Waals surface area contributed by atoms with E-state index >= 15 is 0 Å². The summed E-state index contributed by atoms with van der Waals surface area (Å²) in [7, 11) is 0. The van der Waals surface area contributed by atoms with E-state index in [2.05, 4.69) is 9.80 Å². The second kappa shape index (κ2) is 5.93. The minimum Gasteiger partial charge on any atom is -0.397 e. The van der Waals surface area contributed by atoms with Gasteiger partial charge in [0.2, 0.25) is 5.91 Å². The highest BCUT2D eigenvalue weighted by Crippen LogP contribution is 2.28. The molecule has 1 aromatic rings. The molecular weight excluding hydrogens is 264 g/mol. The van der Waals surface area contributed by atoms with Crippen molar-refractivity contribution in [3.8, 4) is 0 Å². The minimum atomic E-state index is -0.431. The van der Waals surface area contributed by atoms with Crippen molar-refractivity contribution in [3.63, 3.8) is 0 Å². The maximum atomic E-state index is 11.2. The highest BCUT2D eigenvalue weighted by atomic mass is 16.1. The Morgan fingerprint density at radius 1 is 1.10 bits per heavy atom. The van der Waals surface area contributed by atoms with Gasteiger partial charge in [0.05, 0.1) is 11.4 Å². The normalized spacial score (nSPS) is 20.9. The first-order valence-electron chi connectivity index (χ1n) is 7.83. The first-order valence-corrected chi connectivity index (χ1v) is 7.83. The molecule has 1 aliphatic heterocycles. The van der Waals surface area contributed by atoms with Crippen LogP contribution < -0.4 is 16.4 Å². The van der Waals surface area contributed by atoms with E-state index in [1.54, 1.807) is 12.1 Å². The van der Waals surface area contributed by atoms with Gasteiger partial charge in [0.15, 0.2) is 0 Å². The SMILES string of the molecule is NC(=O)c1ccc(N2CCN(C3CCCC3)CC2)c(N)c1. The van der Waals surface area contributed by atoms with Gasteiger partial charge in [-0.15, -0.1) is 0 Å². The molecule has 114 valence electrons. The summed E-state index contributed by atoms with van der Waals surface area (Å²) in [6.45, 7) is 4.19. The Morgan fingerprint density at radius 2 is 1.76 bits per heavy atom. The fourth-order valence-electron chi connectivity index (χ4n) is 3.59. The molecule has 0 radical (unpaired) electrons.